The van der Waals surface area contributed by atoms with Gasteiger partial charge in [-0.3, -0.25) is 4.79 Å². The predicted octanol–water partition coefficient (Wildman–Crippen LogP) is 8.46. The molecule has 0 saturated carbocycles. The molecule has 43 heavy (non-hydrogen) atoms. The molecule has 0 atom stereocenters. The number of nitrogens with one attached hydrogen (secondary N) is 1. The van der Waals surface area contributed by atoms with Gasteiger partial charge in [0.25, 0.3) is 5.91 Å². The Bertz CT molecular complexity index is 1490. The van der Waals surface area contributed by atoms with Crippen LogP contribution in [0.15, 0.2) is 91.0 Å². The second-order valence-electron chi connectivity index (χ2n) is 10.4. The summed E-state index contributed by atoms with van der Waals surface area (Å²) in [6.07, 6.45) is 7.80. The van der Waals surface area contributed by atoms with Crippen LogP contribution in [0, 0.1) is 0 Å². The molecule has 4 rings (SSSR count). The SMILES string of the molecule is COc1ccc(-c2cc(C(=O)NCCCCCCCCc3ccccc3)cc(-c3cccc(Cl)c3)c2OCC(=O)O)cc1. The first kappa shape index (κ1) is 31.6. The van der Waals surface area contributed by atoms with Crippen molar-refractivity contribution in [2.75, 3.05) is 20.3 Å². The van der Waals surface area contributed by atoms with Crippen LogP contribution in [-0.2, 0) is 11.2 Å². The Morgan fingerprint density at radius 2 is 1.44 bits per heavy atom. The fraction of sp³-hybridized carbons (Fsp3) is 0.278. The fourth-order valence-electron chi connectivity index (χ4n) is 5.01. The summed E-state index contributed by atoms with van der Waals surface area (Å²) in [4.78, 5) is 24.8. The number of unbranched alkanes of at least 4 members (excludes halogenated alkanes) is 5. The second kappa shape index (κ2) is 16.4. The second-order valence-corrected chi connectivity index (χ2v) is 10.9. The number of hydrogen-bond acceptors (Lipinski definition) is 4. The lowest BCUT2D eigenvalue weighted by molar-refractivity contribution is -0.139. The molecule has 0 unspecified atom stereocenters. The van der Waals surface area contributed by atoms with Gasteiger partial charge in [0, 0.05) is 28.3 Å². The smallest absolute Gasteiger partial charge is 0.341 e. The highest BCUT2D eigenvalue weighted by Crippen LogP contribution is 2.41. The minimum absolute atomic E-state index is 0.203. The quantitative estimate of drug-likeness (QED) is 0.126. The maximum absolute atomic E-state index is 13.4. The highest BCUT2D eigenvalue weighted by molar-refractivity contribution is 6.30. The number of carbonyl (C=O) groups is 2. The third-order valence-electron chi connectivity index (χ3n) is 7.25. The standard InChI is InChI=1S/C36H38ClNO5/c1-42-31-19-17-27(18-20-31)32-23-29(24-33(35(32)43-25-34(39)40)28-15-11-16-30(37)22-28)36(41)38-21-10-5-3-2-4-7-12-26-13-8-6-9-14-26/h6,8-9,11,13-20,22-24H,2-5,7,10,12,21,25H2,1H3,(H,38,41)(H,39,40). The van der Waals surface area contributed by atoms with Crippen LogP contribution in [0.4, 0.5) is 0 Å². The lowest BCUT2D eigenvalue weighted by Gasteiger charge is -2.18. The van der Waals surface area contributed by atoms with Gasteiger partial charge in [-0.1, -0.05) is 91.9 Å². The molecule has 0 aliphatic heterocycles. The number of benzene rings is 4. The van der Waals surface area contributed by atoms with E-state index in [1.54, 1.807) is 37.4 Å². The minimum Gasteiger partial charge on any atom is -0.497 e. The third kappa shape index (κ3) is 9.62. The molecule has 2 N–H and O–H groups in total. The lowest BCUT2D eigenvalue weighted by Crippen LogP contribution is -2.24. The van der Waals surface area contributed by atoms with Gasteiger partial charge in [0.05, 0.1) is 7.11 Å². The number of aryl methyl sites for hydroxylation is 1. The van der Waals surface area contributed by atoms with Crippen molar-refractivity contribution >= 4 is 23.5 Å². The van der Waals surface area contributed by atoms with E-state index in [9.17, 15) is 14.7 Å². The number of methoxy groups -OCH3 is 1. The molecule has 0 spiro atoms. The molecule has 0 fully saturated rings. The molecule has 4 aromatic carbocycles. The summed E-state index contributed by atoms with van der Waals surface area (Å²) in [6, 6.07) is 28.6. The van der Waals surface area contributed by atoms with Crippen molar-refractivity contribution in [1.82, 2.24) is 5.32 Å². The summed E-state index contributed by atoms with van der Waals surface area (Å²) in [7, 11) is 1.59. The molecule has 0 heterocycles. The molecule has 0 saturated heterocycles. The van der Waals surface area contributed by atoms with Crippen molar-refractivity contribution < 1.29 is 24.2 Å². The van der Waals surface area contributed by atoms with Crippen LogP contribution in [0.25, 0.3) is 22.3 Å². The van der Waals surface area contributed by atoms with E-state index in [-0.39, 0.29) is 5.91 Å². The number of aliphatic carboxylic acids is 1. The van der Waals surface area contributed by atoms with Gasteiger partial charge in [-0.05, 0) is 72.4 Å². The maximum Gasteiger partial charge on any atom is 0.341 e. The molecule has 0 aliphatic carbocycles. The van der Waals surface area contributed by atoms with Gasteiger partial charge in [0.15, 0.2) is 6.61 Å². The van der Waals surface area contributed by atoms with E-state index in [1.807, 2.05) is 36.4 Å². The van der Waals surface area contributed by atoms with Gasteiger partial charge in [-0.2, -0.15) is 0 Å². The third-order valence-corrected chi connectivity index (χ3v) is 7.48. The monoisotopic (exact) mass is 599 g/mol. The highest BCUT2D eigenvalue weighted by atomic mass is 35.5. The topological polar surface area (TPSA) is 84.9 Å². The van der Waals surface area contributed by atoms with Gasteiger partial charge < -0.3 is 19.9 Å². The van der Waals surface area contributed by atoms with Crippen molar-refractivity contribution in [3.8, 4) is 33.8 Å². The normalized spacial score (nSPS) is 10.7. The Balaban J connectivity index is 1.45. The Morgan fingerprint density at radius 1 is 0.767 bits per heavy atom. The molecule has 7 heteroatoms. The van der Waals surface area contributed by atoms with Crippen LogP contribution in [0.3, 0.4) is 0 Å². The molecule has 0 aliphatic rings. The summed E-state index contributed by atoms with van der Waals surface area (Å²) >= 11 is 6.31. The Labute approximate surface area is 258 Å². The number of carboxylic acids is 1. The number of hydrogen-bond donors (Lipinski definition) is 2. The zero-order valence-electron chi connectivity index (χ0n) is 24.5. The average Bonchev–Trinajstić information content (AvgIpc) is 3.03. The van der Waals surface area contributed by atoms with E-state index >= 15 is 0 Å². The van der Waals surface area contributed by atoms with Gasteiger partial charge in [0.1, 0.15) is 11.5 Å². The van der Waals surface area contributed by atoms with Gasteiger partial charge >= 0.3 is 5.97 Å². The van der Waals surface area contributed by atoms with Gasteiger partial charge in [-0.15, -0.1) is 0 Å². The minimum atomic E-state index is -1.10. The molecule has 1 amide bonds. The maximum atomic E-state index is 13.4. The number of halogens is 1. The number of carboxylic acid groups (broad SMARTS) is 1. The summed E-state index contributed by atoms with van der Waals surface area (Å²) < 4.78 is 11.1. The summed E-state index contributed by atoms with van der Waals surface area (Å²) in [5, 5.41) is 13.0. The van der Waals surface area contributed by atoms with Crippen molar-refractivity contribution in [3.05, 3.63) is 107 Å². The lowest BCUT2D eigenvalue weighted by atomic mass is 9.94. The number of amides is 1. The first-order valence-electron chi connectivity index (χ1n) is 14.7. The van der Waals surface area contributed by atoms with Gasteiger partial charge in [0.2, 0.25) is 0 Å². The number of carbonyl (C=O) groups excluding carboxylic acids is 1. The largest absolute Gasteiger partial charge is 0.497 e. The Hall–Kier alpha value is -4.29. The van der Waals surface area contributed by atoms with E-state index in [0.717, 1.165) is 31.2 Å². The van der Waals surface area contributed by atoms with E-state index in [4.69, 9.17) is 21.1 Å². The average molecular weight is 600 g/mol. The Kier molecular flexibility index (Phi) is 12.0. The summed E-state index contributed by atoms with van der Waals surface area (Å²) in [5.74, 6) is -0.267. The number of rotatable bonds is 16. The van der Waals surface area contributed by atoms with Crippen LogP contribution in [-0.4, -0.2) is 37.2 Å². The molecule has 0 radical (unpaired) electrons. The zero-order chi connectivity index (χ0) is 30.4. The summed E-state index contributed by atoms with van der Waals surface area (Å²) in [5.41, 5.74) is 4.49. The summed E-state index contributed by atoms with van der Waals surface area (Å²) in [6.45, 7) is 0.0407. The first-order chi connectivity index (χ1) is 20.9. The molecule has 224 valence electrons. The fourth-order valence-corrected chi connectivity index (χ4v) is 5.20. The van der Waals surface area contributed by atoms with Crippen LogP contribution in [0.2, 0.25) is 5.02 Å². The van der Waals surface area contributed by atoms with E-state index < -0.39 is 12.6 Å². The van der Waals surface area contributed by atoms with E-state index in [2.05, 4.69) is 29.6 Å². The van der Waals surface area contributed by atoms with Crippen molar-refractivity contribution in [1.29, 1.82) is 0 Å². The van der Waals surface area contributed by atoms with Crippen LogP contribution < -0.4 is 14.8 Å². The van der Waals surface area contributed by atoms with Crippen LogP contribution in [0.5, 0.6) is 11.5 Å². The molecular formula is C36H38ClNO5. The van der Waals surface area contributed by atoms with Crippen LogP contribution >= 0.6 is 11.6 Å². The molecule has 6 nitrogen and oxygen atoms in total. The molecular weight excluding hydrogens is 562 g/mol. The van der Waals surface area contributed by atoms with Crippen molar-refractivity contribution in [2.24, 2.45) is 0 Å². The zero-order valence-corrected chi connectivity index (χ0v) is 25.2. The Morgan fingerprint density at radius 3 is 2.12 bits per heavy atom. The van der Waals surface area contributed by atoms with Crippen LogP contribution in [0.1, 0.15) is 54.4 Å². The molecule has 4 aromatic rings. The molecule has 0 bridgehead atoms. The molecule has 0 aromatic heterocycles. The van der Waals surface area contributed by atoms with Crippen molar-refractivity contribution in [3.63, 3.8) is 0 Å². The first-order valence-corrected chi connectivity index (χ1v) is 15.1. The van der Waals surface area contributed by atoms with Crippen molar-refractivity contribution in [2.45, 2.75) is 44.9 Å². The number of ether oxygens (including phenoxy) is 2. The van der Waals surface area contributed by atoms with E-state index in [1.165, 1.54) is 24.8 Å². The highest BCUT2D eigenvalue weighted by Gasteiger charge is 2.20. The van der Waals surface area contributed by atoms with E-state index in [0.29, 0.717) is 45.3 Å². The predicted molar refractivity (Wildman–Crippen MR) is 172 cm³/mol. The van der Waals surface area contributed by atoms with Gasteiger partial charge in [-0.25, -0.2) is 4.79 Å².